The summed E-state index contributed by atoms with van der Waals surface area (Å²) >= 11 is 0. The molecule has 1 rings (SSSR count). The molecule has 13 heavy (non-hydrogen) atoms. The largest absolute Gasteiger partial charge is 0.177 e. The topological polar surface area (TPSA) is 54.5 Å². The van der Waals surface area contributed by atoms with E-state index in [4.69, 9.17) is 0 Å². The van der Waals surface area contributed by atoms with Crippen LogP contribution in [0.1, 0.15) is 38.9 Å². The predicted octanol–water partition coefficient (Wildman–Crippen LogP) is 1.91. The molecule has 1 atom stereocenters. The first-order chi connectivity index (χ1) is 6.20. The van der Waals surface area contributed by atoms with E-state index in [1.54, 1.807) is 0 Å². The van der Waals surface area contributed by atoms with Crippen LogP contribution in [0.2, 0.25) is 0 Å². The molecule has 0 radical (unpaired) electrons. The Balaban J connectivity index is 2.38. The van der Waals surface area contributed by atoms with Crippen LogP contribution in [-0.4, -0.2) is 20.6 Å². The molecule has 4 heteroatoms. The predicted molar refractivity (Wildman–Crippen MR) is 51.2 cm³/mol. The highest BCUT2D eigenvalue weighted by Crippen LogP contribution is 2.13. The van der Waals surface area contributed by atoms with Crippen LogP contribution in [0.3, 0.4) is 0 Å². The van der Waals surface area contributed by atoms with Crippen molar-refractivity contribution in [1.82, 2.24) is 20.6 Å². The minimum Gasteiger partial charge on any atom is -0.177 e. The number of nitrogens with zero attached hydrogens (tertiary/aromatic N) is 3. The standard InChI is InChI=1S/C9H16N4/c1-7(2)5-4-6-8(3)9-10-12-13-11-9/h4-5,7-8H,6H2,1-3H3,(H,10,11,12,13)/b5-4+. The first-order valence-corrected chi connectivity index (χ1v) is 4.60. The lowest BCUT2D eigenvalue weighted by molar-refractivity contribution is 0.709. The molecule has 0 aliphatic carbocycles. The summed E-state index contributed by atoms with van der Waals surface area (Å²) in [4.78, 5) is 0. The molecule has 0 aromatic carbocycles. The van der Waals surface area contributed by atoms with Crippen molar-refractivity contribution >= 4 is 0 Å². The first kappa shape index (κ1) is 9.89. The Morgan fingerprint density at radius 2 is 2.15 bits per heavy atom. The van der Waals surface area contributed by atoms with Gasteiger partial charge in [-0.3, -0.25) is 0 Å². The Hall–Kier alpha value is -1.19. The number of hydrogen-bond donors (Lipinski definition) is 1. The van der Waals surface area contributed by atoms with Gasteiger partial charge in [-0.2, -0.15) is 5.21 Å². The van der Waals surface area contributed by atoms with Gasteiger partial charge in [0, 0.05) is 5.92 Å². The third-order valence-corrected chi connectivity index (χ3v) is 1.81. The van der Waals surface area contributed by atoms with E-state index >= 15 is 0 Å². The molecule has 0 saturated heterocycles. The van der Waals surface area contributed by atoms with Crippen LogP contribution < -0.4 is 0 Å². The average molecular weight is 180 g/mol. The second-order valence-electron chi connectivity index (χ2n) is 3.58. The van der Waals surface area contributed by atoms with Gasteiger partial charge < -0.3 is 0 Å². The molecule has 0 aliphatic heterocycles. The number of tetrazole rings is 1. The van der Waals surface area contributed by atoms with Crippen molar-refractivity contribution in [2.45, 2.75) is 33.1 Å². The smallest absolute Gasteiger partial charge is 0.177 e. The normalized spacial score (nSPS) is 14.2. The van der Waals surface area contributed by atoms with Gasteiger partial charge in [0.15, 0.2) is 5.82 Å². The number of hydrogen-bond acceptors (Lipinski definition) is 3. The van der Waals surface area contributed by atoms with Gasteiger partial charge in [0.05, 0.1) is 0 Å². The zero-order valence-electron chi connectivity index (χ0n) is 8.36. The molecule has 72 valence electrons. The molecule has 0 fully saturated rings. The number of H-pyrrole nitrogens is 1. The SMILES string of the molecule is CC(C)/C=C/CC(C)c1nn[nH]n1. The van der Waals surface area contributed by atoms with E-state index in [0.29, 0.717) is 11.8 Å². The Labute approximate surface area is 78.4 Å². The fourth-order valence-corrected chi connectivity index (χ4v) is 1.04. The number of allylic oxidation sites excluding steroid dienone is 2. The van der Waals surface area contributed by atoms with E-state index < -0.39 is 0 Å². The van der Waals surface area contributed by atoms with Gasteiger partial charge >= 0.3 is 0 Å². The number of rotatable bonds is 4. The Bertz CT molecular complexity index is 251. The van der Waals surface area contributed by atoms with Crippen molar-refractivity contribution in [2.75, 3.05) is 0 Å². The second kappa shape index (κ2) is 4.74. The molecule has 4 nitrogen and oxygen atoms in total. The van der Waals surface area contributed by atoms with Gasteiger partial charge in [0.25, 0.3) is 0 Å². The highest BCUT2D eigenvalue weighted by atomic mass is 15.5. The van der Waals surface area contributed by atoms with Crippen molar-refractivity contribution in [2.24, 2.45) is 5.92 Å². The summed E-state index contributed by atoms with van der Waals surface area (Å²) in [5, 5.41) is 13.8. The number of aromatic amines is 1. The first-order valence-electron chi connectivity index (χ1n) is 4.60. The molecule has 1 N–H and O–H groups in total. The fraction of sp³-hybridized carbons (Fsp3) is 0.667. The minimum absolute atomic E-state index is 0.341. The summed E-state index contributed by atoms with van der Waals surface area (Å²) < 4.78 is 0. The lowest BCUT2D eigenvalue weighted by atomic mass is 10.1. The molecule has 0 saturated carbocycles. The van der Waals surface area contributed by atoms with Crippen LogP contribution in [0.25, 0.3) is 0 Å². The Kier molecular flexibility index (Phi) is 3.61. The molecule has 0 spiro atoms. The van der Waals surface area contributed by atoms with Crippen LogP contribution in [0, 0.1) is 5.92 Å². The summed E-state index contributed by atoms with van der Waals surface area (Å²) in [6, 6.07) is 0. The lowest BCUT2D eigenvalue weighted by Gasteiger charge is -2.01. The van der Waals surface area contributed by atoms with E-state index in [9.17, 15) is 0 Å². The van der Waals surface area contributed by atoms with Gasteiger partial charge in [-0.25, -0.2) is 0 Å². The van der Waals surface area contributed by atoms with Gasteiger partial charge in [0.1, 0.15) is 0 Å². The van der Waals surface area contributed by atoms with Gasteiger partial charge in [-0.15, -0.1) is 10.2 Å². The maximum absolute atomic E-state index is 3.93. The summed E-state index contributed by atoms with van der Waals surface area (Å²) in [5.74, 6) is 1.74. The Morgan fingerprint density at radius 1 is 1.38 bits per heavy atom. The molecular weight excluding hydrogens is 164 g/mol. The highest BCUT2D eigenvalue weighted by Gasteiger charge is 2.07. The van der Waals surface area contributed by atoms with E-state index in [-0.39, 0.29) is 0 Å². The minimum atomic E-state index is 0.341. The van der Waals surface area contributed by atoms with Gasteiger partial charge in [0.2, 0.25) is 0 Å². The zero-order chi connectivity index (χ0) is 9.68. The van der Waals surface area contributed by atoms with Crippen LogP contribution in [-0.2, 0) is 0 Å². The van der Waals surface area contributed by atoms with E-state index in [0.717, 1.165) is 12.2 Å². The molecular formula is C9H16N4. The summed E-state index contributed by atoms with van der Waals surface area (Å²) in [6.07, 6.45) is 5.33. The summed E-state index contributed by atoms with van der Waals surface area (Å²) in [7, 11) is 0. The van der Waals surface area contributed by atoms with Gasteiger partial charge in [-0.05, 0) is 12.3 Å². The van der Waals surface area contributed by atoms with Crippen LogP contribution in [0.5, 0.6) is 0 Å². The monoisotopic (exact) mass is 180 g/mol. The zero-order valence-corrected chi connectivity index (χ0v) is 8.36. The van der Waals surface area contributed by atoms with Crippen LogP contribution in [0.4, 0.5) is 0 Å². The molecule has 0 bridgehead atoms. The maximum Gasteiger partial charge on any atom is 0.177 e. The van der Waals surface area contributed by atoms with Crippen molar-refractivity contribution in [3.8, 4) is 0 Å². The second-order valence-corrected chi connectivity index (χ2v) is 3.58. The fourth-order valence-electron chi connectivity index (χ4n) is 1.04. The quantitative estimate of drug-likeness (QED) is 0.720. The summed E-state index contributed by atoms with van der Waals surface area (Å²) in [5.41, 5.74) is 0. The molecule has 1 aromatic heterocycles. The summed E-state index contributed by atoms with van der Waals surface area (Å²) in [6.45, 7) is 6.42. The molecule has 1 unspecified atom stereocenters. The number of aromatic nitrogens is 4. The van der Waals surface area contributed by atoms with E-state index in [1.807, 2.05) is 0 Å². The van der Waals surface area contributed by atoms with Gasteiger partial charge in [-0.1, -0.05) is 38.1 Å². The van der Waals surface area contributed by atoms with Crippen molar-refractivity contribution in [3.05, 3.63) is 18.0 Å². The third-order valence-electron chi connectivity index (χ3n) is 1.81. The lowest BCUT2D eigenvalue weighted by Crippen LogP contribution is -1.95. The maximum atomic E-state index is 3.93. The molecule has 0 aliphatic rings. The Morgan fingerprint density at radius 3 is 2.69 bits per heavy atom. The number of nitrogens with one attached hydrogen (secondary N) is 1. The van der Waals surface area contributed by atoms with Crippen molar-refractivity contribution in [1.29, 1.82) is 0 Å². The van der Waals surface area contributed by atoms with Crippen LogP contribution >= 0.6 is 0 Å². The van der Waals surface area contributed by atoms with E-state index in [1.165, 1.54) is 0 Å². The molecule has 0 amide bonds. The van der Waals surface area contributed by atoms with Crippen molar-refractivity contribution < 1.29 is 0 Å². The van der Waals surface area contributed by atoms with Crippen molar-refractivity contribution in [3.63, 3.8) is 0 Å². The van der Waals surface area contributed by atoms with Crippen LogP contribution in [0.15, 0.2) is 12.2 Å². The average Bonchev–Trinajstić information content (AvgIpc) is 2.55. The third kappa shape index (κ3) is 3.36. The molecule has 1 aromatic rings. The highest BCUT2D eigenvalue weighted by molar-refractivity contribution is 4.95. The molecule has 1 heterocycles. The van der Waals surface area contributed by atoms with E-state index in [2.05, 4.69) is 53.5 Å².